The summed E-state index contributed by atoms with van der Waals surface area (Å²) in [6.07, 6.45) is -0.553. The molecule has 0 bridgehead atoms. The Morgan fingerprint density at radius 1 is 0.971 bits per heavy atom. The normalized spacial score (nSPS) is 20.2. The molecule has 2 saturated heterocycles. The van der Waals surface area contributed by atoms with Crippen molar-refractivity contribution in [1.29, 1.82) is 0 Å². The van der Waals surface area contributed by atoms with Gasteiger partial charge in [0.15, 0.2) is 0 Å². The molecule has 34 heavy (non-hydrogen) atoms. The summed E-state index contributed by atoms with van der Waals surface area (Å²) in [6.45, 7) is 5.53. The minimum atomic E-state index is -1.56. The Hall–Kier alpha value is -3.39. The number of carbonyl (C=O) groups is 3. The van der Waals surface area contributed by atoms with Crippen molar-refractivity contribution < 1.29 is 24.2 Å². The Kier molecular flexibility index (Phi) is 6.36. The lowest BCUT2D eigenvalue weighted by atomic mass is 9.82. The second-order valence-electron chi connectivity index (χ2n) is 10.0. The molecule has 2 fully saturated rings. The van der Waals surface area contributed by atoms with Gasteiger partial charge in [0.25, 0.3) is 0 Å². The zero-order chi connectivity index (χ0) is 24.5. The number of aliphatic hydroxyl groups is 1. The lowest BCUT2D eigenvalue weighted by molar-refractivity contribution is -0.186. The Balaban J connectivity index is 1.58. The highest BCUT2D eigenvalue weighted by Gasteiger charge is 2.58. The molecule has 0 aromatic heterocycles. The molecule has 1 N–H and O–H groups in total. The summed E-state index contributed by atoms with van der Waals surface area (Å²) in [4.78, 5) is 43.7. The van der Waals surface area contributed by atoms with Crippen LogP contribution >= 0.6 is 0 Å². The van der Waals surface area contributed by atoms with Gasteiger partial charge < -0.3 is 24.5 Å². The van der Waals surface area contributed by atoms with E-state index in [0.717, 1.165) is 11.1 Å². The summed E-state index contributed by atoms with van der Waals surface area (Å²) in [5.41, 5.74) is -0.479. The van der Waals surface area contributed by atoms with E-state index >= 15 is 0 Å². The molecule has 180 valence electrons. The number of likely N-dealkylation sites (tertiary alicyclic amines) is 1. The van der Waals surface area contributed by atoms with Gasteiger partial charge in [-0.25, -0.2) is 4.79 Å². The van der Waals surface area contributed by atoms with Crippen LogP contribution < -0.4 is 0 Å². The van der Waals surface area contributed by atoms with Crippen molar-refractivity contribution >= 4 is 17.9 Å². The van der Waals surface area contributed by atoms with Crippen molar-refractivity contribution in [2.75, 3.05) is 19.6 Å². The molecule has 0 aliphatic carbocycles. The van der Waals surface area contributed by atoms with Crippen molar-refractivity contribution in [3.8, 4) is 0 Å². The van der Waals surface area contributed by atoms with Crippen molar-refractivity contribution in [2.24, 2.45) is 0 Å². The number of rotatable bonds is 5. The van der Waals surface area contributed by atoms with Gasteiger partial charge in [0.1, 0.15) is 23.8 Å². The van der Waals surface area contributed by atoms with E-state index in [-0.39, 0.29) is 44.5 Å². The lowest BCUT2D eigenvalue weighted by Gasteiger charge is -2.54. The van der Waals surface area contributed by atoms with E-state index in [2.05, 4.69) is 0 Å². The molecular weight excluding hydrogens is 434 g/mol. The molecule has 8 heteroatoms. The molecule has 2 aromatic carbocycles. The van der Waals surface area contributed by atoms with Crippen LogP contribution in [0, 0.1) is 0 Å². The van der Waals surface area contributed by atoms with Gasteiger partial charge in [-0.2, -0.15) is 0 Å². The average Bonchev–Trinajstić information content (AvgIpc) is 2.75. The van der Waals surface area contributed by atoms with Crippen molar-refractivity contribution in [2.45, 2.75) is 51.1 Å². The number of piperazine rings is 1. The molecule has 2 aliphatic rings. The second kappa shape index (κ2) is 9.10. The van der Waals surface area contributed by atoms with Gasteiger partial charge in [0.2, 0.25) is 11.8 Å². The molecule has 3 amide bonds. The third-order valence-electron chi connectivity index (χ3n) is 6.01. The number of amides is 3. The molecule has 1 unspecified atom stereocenters. The summed E-state index contributed by atoms with van der Waals surface area (Å²) in [5.74, 6) is -0.570. The fourth-order valence-corrected chi connectivity index (χ4v) is 4.44. The first-order valence-corrected chi connectivity index (χ1v) is 11.4. The summed E-state index contributed by atoms with van der Waals surface area (Å²) in [5, 5.41) is 11.5. The highest BCUT2D eigenvalue weighted by Crippen LogP contribution is 2.34. The maximum atomic E-state index is 13.7. The SMILES string of the molecule is CC(C)(C)OC(=O)N1CC(O)(C2C(=O)N(Cc3ccccc3)CC(=O)N2Cc2ccccc2)C1. The highest BCUT2D eigenvalue weighted by molar-refractivity contribution is 5.96. The van der Waals surface area contributed by atoms with Crippen molar-refractivity contribution in [1.82, 2.24) is 14.7 Å². The van der Waals surface area contributed by atoms with Crippen LogP contribution in [0.1, 0.15) is 31.9 Å². The van der Waals surface area contributed by atoms with E-state index in [1.54, 1.807) is 20.8 Å². The average molecular weight is 466 g/mol. The fraction of sp³-hybridized carbons (Fsp3) is 0.423. The molecule has 2 heterocycles. The molecule has 4 rings (SSSR count). The number of β-amino-alcohol motifs (C(OH)–C–C–N with tert-alkyl or cyclic N) is 1. The third-order valence-corrected chi connectivity index (χ3v) is 6.01. The van der Waals surface area contributed by atoms with Crippen LogP contribution in [0.5, 0.6) is 0 Å². The monoisotopic (exact) mass is 465 g/mol. The predicted octanol–water partition coefficient (Wildman–Crippen LogP) is 2.41. The number of benzene rings is 2. The van der Waals surface area contributed by atoms with Crippen LogP contribution in [0.2, 0.25) is 0 Å². The van der Waals surface area contributed by atoms with Gasteiger partial charge in [-0.05, 0) is 31.9 Å². The van der Waals surface area contributed by atoms with E-state index in [9.17, 15) is 19.5 Å². The molecule has 0 spiro atoms. The molecule has 1 atom stereocenters. The van der Waals surface area contributed by atoms with Crippen LogP contribution in [0.25, 0.3) is 0 Å². The van der Waals surface area contributed by atoms with Gasteiger partial charge >= 0.3 is 6.09 Å². The first kappa shape index (κ1) is 23.8. The number of nitrogens with zero attached hydrogens (tertiary/aromatic N) is 3. The maximum absolute atomic E-state index is 13.7. The smallest absolute Gasteiger partial charge is 0.410 e. The van der Waals surface area contributed by atoms with Crippen LogP contribution in [-0.2, 0) is 27.4 Å². The van der Waals surface area contributed by atoms with Gasteiger partial charge in [0.05, 0.1) is 13.1 Å². The van der Waals surface area contributed by atoms with E-state index in [4.69, 9.17) is 4.74 Å². The zero-order valence-corrected chi connectivity index (χ0v) is 19.8. The van der Waals surface area contributed by atoms with Crippen molar-refractivity contribution in [3.05, 3.63) is 71.8 Å². The topological polar surface area (TPSA) is 90.4 Å². The molecule has 2 aliphatic heterocycles. The number of carbonyl (C=O) groups excluding carboxylic acids is 3. The quantitative estimate of drug-likeness (QED) is 0.733. The number of hydrogen-bond donors (Lipinski definition) is 1. The third kappa shape index (κ3) is 5.07. The molecule has 2 aromatic rings. The largest absolute Gasteiger partial charge is 0.444 e. The van der Waals surface area contributed by atoms with E-state index in [0.29, 0.717) is 0 Å². The van der Waals surface area contributed by atoms with Crippen LogP contribution in [0.15, 0.2) is 60.7 Å². The summed E-state index contributed by atoms with van der Waals surface area (Å²) >= 11 is 0. The van der Waals surface area contributed by atoms with Crippen molar-refractivity contribution in [3.63, 3.8) is 0 Å². The Labute approximate surface area is 199 Å². The van der Waals surface area contributed by atoms with Gasteiger partial charge in [-0.1, -0.05) is 60.7 Å². The Morgan fingerprint density at radius 3 is 2.03 bits per heavy atom. The fourth-order valence-electron chi connectivity index (χ4n) is 4.44. The van der Waals surface area contributed by atoms with E-state index < -0.39 is 23.3 Å². The molecule has 0 saturated carbocycles. The van der Waals surface area contributed by atoms with Crippen LogP contribution in [0.3, 0.4) is 0 Å². The number of ether oxygens (including phenoxy) is 1. The van der Waals surface area contributed by atoms with Crippen LogP contribution in [0.4, 0.5) is 4.79 Å². The molecule has 8 nitrogen and oxygen atoms in total. The van der Waals surface area contributed by atoms with Gasteiger partial charge in [-0.15, -0.1) is 0 Å². The maximum Gasteiger partial charge on any atom is 0.410 e. The second-order valence-corrected chi connectivity index (χ2v) is 10.0. The summed E-state index contributed by atoms with van der Waals surface area (Å²) in [6, 6.07) is 17.7. The first-order valence-electron chi connectivity index (χ1n) is 11.4. The van der Waals surface area contributed by atoms with Crippen LogP contribution in [-0.4, -0.2) is 74.6 Å². The molecular formula is C26H31N3O5. The summed E-state index contributed by atoms with van der Waals surface area (Å²) in [7, 11) is 0. The minimum absolute atomic E-state index is 0.0665. The summed E-state index contributed by atoms with van der Waals surface area (Å²) < 4.78 is 5.39. The number of hydrogen-bond acceptors (Lipinski definition) is 5. The standard InChI is InChI=1S/C26H31N3O5/c1-25(2,3)34-24(32)28-17-26(33,18-28)22-23(31)27(14-19-10-6-4-7-11-19)16-21(30)29(22)15-20-12-8-5-9-13-20/h4-13,22,33H,14-18H2,1-3H3. The van der Waals surface area contributed by atoms with E-state index in [1.165, 1.54) is 14.7 Å². The van der Waals surface area contributed by atoms with Gasteiger partial charge in [-0.3, -0.25) is 9.59 Å². The first-order chi connectivity index (χ1) is 16.1. The minimum Gasteiger partial charge on any atom is -0.444 e. The highest BCUT2D eigenvalue weighted by atomic mass is 16.6. The Bertz CT molecular complexity index is 1050. The Morgan fingerprint density at radius 2 is 1.50 bits per heavy atom. The molecule has 0 radical (unpaired) electrons. The predicted molar refractivity (Wildman–Crippen MR) is 125 cm³/mol. The lowest BCUT2D eigenvalue weighted by Crippen LogP contribution is -2.77. The van der Waals surface area contributed by atoms with E-state index in [1.807, 2.05) is 60.7 Å². The van der Waals surface area contributed by atoms with Gasteiger partial charge in [0, 0.05) is 13.1 Å². The zero-order valence-electron chi connectivity index (χ0n) is 19.8.